The van der Waals surface area contributed by atoms with Crippen LogP contribution in [0.4, 0.5) is 37.7 Å². The molecule has 0 heterocycles. The van der Waals surface area contributed by atoms with Crippen molar-refractivity contribution >= 4 is 11.4 Å². The van der Waals surface area contributed by atoms with Gasteiger partial charge in [-0.1, -0.05) is 6.07 Å². The normalized spacial score (nSPS) is 12.1. The number of anilines is 1. The van der Waals surface area contributed by atoms with Gasteiger partial charge in [-0.25, -0.2) is 4.85 Å². The molecule has 0 fully saturated rings. The Balaban J connectivity index is 3.31. The van der Waals surface area contributed by atoms with Gasteiger partial charge in [0, 0.05) is 18.8 Å². The molecule has 1 N–H and O–H groups in total. The Bertz CT molecular complexity index is 547. The summed E-state index contributed by atoms with van der Waals surface area (Å²) in [7, 11) is 0. The first-order chi connectivity index (χ1) is 10.1. The van der Waals surface area contributed by atoms with E-state index in [0.29, 0.717) is 11.0 Å². The molecule has 1 rings (SSSR count). The monoisotopic (exact) mass is 326 g/mol. The van der Waals surface area contributed by atoms with Gasteiger partial charge in [-0.15, -0.1) is 0 Å². The maximum absolute atomic E-state index is 13.0. The molecule has 0 spiro atoms. The Morgan fingerprint density at radius 2 is 1.77 bits per heavy atom. The highest BCUT2D eigenvalue weighted by Gasteiger charge is 2.38. The first-order valence-corrected chi connectivity index (χ1v) is 6.09. The van der Waals surface area contributed by atoms with Crippen molar-refractivity contribution in [1.29, 1.82) is 0 Å². The predicted octanol–water partition coefficient (Wildman–Crippen LogP) is 4.01. The molecule has 9 heteroatoms. The summed E-state index contributed by atoms with van der Waals surface area (Å²) in [5, 5.41) is 8.70. The van der Waals surface area contributed by atoms with E-state index in [2.05, 4.69) is 4.85 Å². The number of aliphatic hydroxyl groups is 1. The topological polar surface area (TPSA) is 27.8 Å². The van der Waals surface area contributed by atoms with E-state index in [4.69, 9.17) is 11.7 Å². The van der Waals surface area contributed by atoms with Crippen LogP contribution in [0.1, 0.15) is 12.0 Å². The lowest BCUT2D eigenvalue weighted by molar-refractivity contribution is -0.138. The van der Waals surface area contributed by atoms with E-state index >= 15 is 0 Å². The van der Waals surface area contributed by atoms with Crippen LogP contribution >= 0.6 is 0 Å². The largest absolute Gasteiger partial charge is 0.417 e. The van der Waals surface area contributed by atoms with Crippen LogP contribution in [0.15, 0.2) is 18.2 Å². The third kappa shape index (κ3) is 5.11. The van der Waals surface area contributed by atoms with Gasteiger partial charge in [0.05, 0.1) is 12.1 Å². The van der Waals surface area contributed by atoms with Crippen LogP contribution in [0.3, 0.4) is 0 Å². The molecule has 0 amide bonds. The molecule has 0 aliphatic rings. The fourth-order valence-electron chi connectivity index (χ4n) is 1.86. The summed E-state index contributed by atoms with van der Waals surface area (Å²) in [6.45, 7) is 4.29. The number of rotatable bonds is 5. The molecular formula is C13H12F6N2O. The number of hydrogen-bond acceptors (Lipinski definition) is 2. The molecule has 0 saturated heterocycles. The zero-order chi connectivity index (χ0) is 17.0. The highest BCUT2D eigenvalue weighted by Crippen LogP contribution is 2.39. The lowest BCUT2D eigenvalue weighted by atomic mass is 10.1. The summed E-state index contributed by atoms with van der Waals surface area (Å²) in [5.41, 5.74) is -2.28. The minimum Gasteiger partial charge on any atom is -0.396 e. The van der Waals surface area contributed by atoms with Crippen LogP contribution in [0.25, 0.3) is 4.85 Å². The van der Waals surface area contributed by atoms with Crippen molar-refractivity contribution in [1.82, 2.24) is 0 Å². The molecule has 1 aromatic carbocycles. The van der Waals surface area contributed by atoms with E-state index in [1.54, 1.807) is 0 Å². The van der Waals surface area contributed by atoms with Crippen LogP contribution in [0, 0.1) is 6.57 Å². The maximum atomic E-state index is 13.0. The fraction of sp³-hybridized carbons (Fsp3) is 0.462. The van der Waals surface area contributed by atoms with Gasteiger partial charge in [0.25, 0.3) is 0 Å². The highest BCUT2D eigenvalue weighted by molar-refractivity contribution is 5.62. The summed E-state index contributed by atoms with van der Waals surface area (Å²) >= 11 is 0. The molecule has 0 aliphatic carbocycles. The second kappa shape index (κ2) is 6.87. The lowest BCUT2D eigenvalue weighted by Gasteiger charge is -2.28. The molecule has 0 aromatic heterocycles. The number of hydrogen-bond donors (Lipinski definition) is 1. The summed E-state index contributed by atoms with van der Waals surface area (Å²) in [6, 6.07) is 2.39. The Labute approximate surface area is 122 Å². The van der Waals surface area contributed by atoms with E-state index < -0.39 is 43.3 Å². The van der Waals surface area contributed by atoms with E-state index in [1.807, 2.05) is 0 Å². The second-order valence-electron chi connectivity index (χ2n) is 4.42. The van der Waals surface area contributed by atoms with Gasteiger partial charge in [0.15, 0.2) is 5.69 Å². The molecule has 0 radical (unpaired) electrons. The van der Waals surface area contributed by atoms with Crippen LogP contribution in [0.5, 0.6) is 0 Å². The van der Waals surface area contributed by atoms with Gasteiger partial charge in [-0.2, -0.15) is 26.3 Å². The van der Waals surface area contributed by atoms with Gasteiger partial charge < -0.3 is 10.0 Å². The number of nitrogens with zero attached hydrogens (tertiary/aromatic N) is 2. The minimum absolute atomic E-state index is 0.113. The van der Waals surface area contributed by atoms with Crippen molar-refractivity contribution in [2.75, 3.05) is 24.6 Å². The van der Waals surface area contributed by atoms with Crippen LogP contribution < -0.4 is 4.90 Å². The molecule has 0 unspecified atom stereocenters. The zero-order valence-electron chi connectivity index (χ0n) is 11.2. The van der Waals surface area contributed by atoms with Gasteiger partial charge in [0.1, 0.15) is 6.54 Å². The van der Waals surface area contributed by atoms with E-state index in [0.717, 1.165) is 12.1 Å². The third-order valence-corrected chi connectivity index (χ3v) is 2.71. The highest BCUT2D eigenvalue weighted by atomic mass is 19.4. The summed E-state index contributed by atoms with van der Waals surface area (Å²) in [6.07, 6.45) is -9.70. The molecular weight excluding hydrogens is 314 g/mol. The molecule has 1 aromatic rings. The Morgan fingerprint density at radius 3 is 2.23 bits per heavy atom. The van der Waals surface area contributed by atoms with Crippen molar-refractivity contribution < 1.29 is 31.4 Å². The Morgan fingerprint density at radius 1 is 1.14 bits per heavy atom. The maximum Gasteiger partial charge on any atom is 0.417 e. The fourth-order valence-corrected chi connectivity index (χ4v) is 1.86. The first-order valence-electron chi connectivity index (χ1n) is 6.09. The van der Waals surface area contributed by atoms with Crippen LogP contribution in [-0.4, -0.2) is 31.0 Å². The van der Waals surface area contributed by atoms with Gasteiger partial charge >= 0.3 is 12.4 Å². The predicted molar refractivity (Wildman–Crippen MR) is 67.7 cm³/mol. The molecule has 3 nitrogen and oxygen atoms in total. The Hall–Kier alpha value is -1.95. The van der Waals surface area contributed by atoms with E-state index in [9.17, 15) is 26.3 Å². The zero-order valence-corrected chi connectivity index (χ0v) is 11.2. The molecule has 0 aliphatic heterocycles. The summed E-state index contributed by atoms with van der Waals surface area (Å²) in [4.78, 5) is 3.36. The van der Waals surface area contributed by atoms with Gasteiger partial charge in [0.2, 0.25) is 0 Å². The smallest absolute Gasteiger partial charge is 0.396 e. The summed E-state index contributed by atoms with van der Waals surface area (Å²) < 4.78 is 76.7. The number of aliphatic hydroxyl groups excluding tert-OH is 1. The van der Waals surface area contributed by atoms with Gasteiger partial charge in [-0.3, -0.25) is 0 Å². The lowest BCUT2D eigenvalue weighted by Crippen LogP contribution is -2.36. The number of benzene rings is 1. The number of alkyl halides is 6. The van der Waals surface area contributed by atoms with E-state index in [-0.39, 0.29) is 12.1 Å². The van der Waals surface area contributed by atoms with Crippen molar-refractivity contribution in [3.05, 3.63) is 35.2 Å². The molecule has 22 heavy (non-hydrogen) atoms. The second-order valence-corrected chi connectivity index (χ2v) is 4.42. The van der Waals surface area contributed by atoms with Crippen molar-refractivity contribution in [2.45, 2.75) is 18.8 Å². The van der Waals surface area contributed by atoms with E-state index in [1.165, 1.54) is 0 Å². The van der Waals surface area contributed by atoms with Crippen molar-refractivity contribution in [3.63, 3.8) is 0 Å². The quantitative estimate of drug-likeness (QED) is 0.654. The average molecular weight is 326 g/mol. The van der Waals surface area contributed by atoms with Crippen LogP contribution in [0.2, 0.25) is 0 Å². The minimum atomic E-state index is -4.89. The molecule has 0 saturated carbocycles. The summed E-state index contributed by atoms with van der Waals surface area (Å²) in [5.74, 6) is 0. The molecule has 122 valence electrons. The van der Waals surface area contributed by atoms with Gasteiger partial charge in [-0.05, 0) is 18.6 Å². The Kier molecular flexibility index (Phi) is 5.65. The SMILES string of the molecule is [C-]#[N+]c1ccc(N(CCCO)CC(F)(F)F)c(C(F)(F)F)c1. The molecule has 0 atom stereocenters. The average Bonchev–Trinajstić information content (AvgIpc) is 2.40. The third-order valence-electron chi connectivity index (χ3n) is 2.71. The number of halogens is 6. The first kappa shape index (κ1) is 18.1. The standard InChI is InChI=1S/C13H12F6N2O/c1-20-9-3-4-11(10(7-9)13(17,18)19)21(5-2-6-22)8-12(14,15)16/h3-4,7,22H,2,5-6,8H2. The molecule has 0 bridgehead atoms. The van der Waals surface area contributed by atoms with Crippen LogP contribution in [-0.2, 0) is 6.18 Å². The van der Waals surface area contributed by atoms with Crippen molar-refractivity contribution in [2.24, 2.45) is 0 Å². The van der Waals surface area contributed by atoms with Crippen molar-refractivity contribution in [3.8, 4) is 0 Å².